The van der Waals surface area contributed by atoms with Crippen molar-refractivity contribution in [1.82, 2.24) is 0 Å². The second-order valence-electron chi connectivity index (χ2n) is 3.97. The minimum atomic E-state index is 0.0242. The number of rotatable bonds is 4. The molecule has 0 radical (unpaired) electrons. The minimum absolute atomic E-state index is 0.0242. The number of nitrogen functional groups attached to an aromatic ring is 1. The summed E-state index contributed by atoms with van der Waals surface area (Å²) in [7, 11) is 0. The van der Waals surface area contributed by atoms with Gasteiger partial charge < -0.3 is 5.73 Å². The topological polar surface area (TPSA) is 49.9 Å². The van der Waals surface area contributed by atoms with Crippen LogP contribution >= 0.6 is 35.0 Å². The molecule has 19 heavy (non-hydrogen) atoms. The number of nitrogens with one attached hydrogen (secondary N) is 1. The summed E-state index contributed by atoms with van der Waals surface area (Å²) in [6, 6.07) is 13.1. The van der Waals surface area contributed by atoms with E-state index in [0.29, 0.717) is 10.6 Å². The largest absolute Gasteiger partial charge is 0.384 e. The van der Waals surface area contributed by atoms with Crippen molar-refractivity contribution in [3.05, 3.63) is 63.6 Å². The van der Waals surface area contributed by atoms with E-state index < -0.39 is 0 Å². The predicted molar refractivity (Wildman–Crippen MR) is 83.5 cm³/mol. The average molecular weight is 311 g/mol. The Hall–Kier alpha value is -1.16. The maximum atomic E-state index is 7.36. The molecule has 2 nitrogen and oxygen atoms in total. The van der Waals surface area contributed by atoms with Crippen LogP contribution in [0.4, 0.5) is 0 Å². The summed E-state index contributed by atoms with van der Waals surface area (Å²) in [5, 5.41) is 8.71. The van der Waals surface area contributed by atoms with Crippen LogP contribution in [0.1, 0.15) is 11.1 Å². The molecule has 98 valence electrons. The van der Waals surface area contributed by atoms with Crippen LogP contribution < -0.4 is 5.73 Å². The van der Waals surface area contributed by atoms with Gasteiger partial charge in [-0.2, -0.15) is 0 Å². The molecule has 0 aliphatic heterocycles. The Morgan fingerprint density at radius 1 is 1.11 bits per heavy atom. The zero-order valence-electron chi connectivity index (χ0n) is 9.99. The van der Waals surface area contributed by atoms with Crippen LogP contribution in [-0.2, 0) is 5.75 Å². The molecule has 0 unspecified atom stereocenters. The lowest BCUT2D eigenvalue weighted by atomic mass is 10.2. The van der Waals surface area contributed by atoms with Crippen molar-refractivity contribution < 1.29 is 0 Å². The zero-order valence-corrected chi connectivity index (χ0v) is 12.3. The number of amidine groups is 1. The molecule has 0 heterocycles. The van der Waals surface area contributed by atoms with E-state index in [1.54, 1.807) is 23.9 Å². The number of hydrogen-bond acceptors (Lipinski definition) is 2. The molecule has 2 rings (SSSR count). The molecule has 0 amide bonds. The second kappa shape index (κ2) is 6.33. The number of hydrogen-bond donors (Lipinski definition) is 2. The van der Waals surface area contributed by atoms with E-state index >= 15 is 0 Å². The van der Waals surface area contributed by atoms with E-state index in [4.69, 9.17) is 34.3 Å². The molecule has 0 aliphatic rings. The first kappa shape index (κ1) is 14.3. The van der Waals surface area contributed by atoms with Gasteiger partial charge in [0, 0.05) is 21.2 Å². The maximum Gasteiger partial charge on any atom is 0.122 e. The molecule has 0 atom stereocenters. The summed E-state index contributed by atoms with van der Waals surface area (Å²) in [4.78, 5) is 0.974. The van der Waals surface area contributed by atoms with Gasteiger partial charge in [0.15, 0.2) is 0 Å². The molecule has 0 aromatic heterocycles. The molecule has 5 heteroatoms. The number of benzene rings is 2. The highest BCUT2D eigenvalue weighted by molar-refractivity contribution is 7.98. The number of thioether (sulfide) groups is 1. The molecule has 0 spiro atoms. The maximum absolute atomic E-state index is 7.36. The van der Waals surface area contributed by atoms with E-state index in [9.17, 15) is 0 Å². The zero-order chi connectivity index (χ0) is 13.8. The fourth-order valence-electron chi connectivity index (χ4n) is 1.53. The Balaban J connectivity index is 2.07. The molecule has 0 saturated heterocycles. The van der Waals surface area contributed by atoms with E-state index in [1.165, 1.54) is 5.56 Å². The quantitative estimate of drug-likeness (QED) is 0.494. The van der Waals surface area contributed by atoms with Gasteiger partial charge in [-0.05, 0) is 29.8 Å². The smallest absolute Gasteiger partial charge is 0.122 e. The first-order valence-corrected chi connectivity index (χ1v) is 7.31. The minimum Gasteiger partial charge on any atom is -0.384 e. The van der Waals surface area contributed by atoms with Crippen LogP contribution in [0.25, 0.3) is 0 Å². The van der Waals surface area contributed by atoms with Gasteiger partial charge in [0.2, 0.25) is 0 Å². The summed E-state index contributed by atoms with van der Waals surface area (Å²) in [6.07, 6.45) is 0. The van der Waals surface area contributed by atoms with Gasteiger partial charge in [0.05, 0.1) is 5.02 Å². The van der Waals surface area contributed by atoms with Crippen LogP contribution in [0.15, 0.2) is 47.4 Å². The fraction of sp³-hybridized carbons (Fsp3) is 0.0714. The third-order valence-electron chi connectivity index (χ3n) is 2.55. The van der Waals surface area contributed by atoms with Gasteiger partial charge >= 0.3 is 0 Å². The predicted octanol–water partition coefficient (Wildman–Crippen LogP) is 4.57. The number of halogens is 2. The standard InChI is InChI=1S/C14H12Cl2N2S/c15-11-4-1-9(2-5-11)8-19-13-6-3-10(14(17)18)7-12(13)16/h1-7H,8H2,(H3,17,18). The van der Waals surface area contributed by atoms with Crippen LogP contribution in [0, 0.1) is 5.41 Å². The SMILES string of the molecule is N=C(N)c1ccc(SCc2ccc(Cl)cc2)c(Cl)c1. The highest BCUT2D eigenvalue weighted by Crippen LogP contribution is 2.30. The third-order valence-corrected chi connectivity index (χ3v) is 4.37. The molecule has 3 N–H and O–H groups in total. The van der Waals surface area contributed by atoms with Gasteiger partial charge in [-0.1, -0.05) is 41.4 Å². The van der Waals surface area contributed by atoms with Crippen molar-refractivity contribution >= 4 is 40.8 Å². The molecule has 2 aromatic rings. The first-order valence-electron chi connectivity index (χ1n) is 5.57. The van der Waals surface area contributed by atoms with Gasteiger partial charge in [-0.15, -0.1) is 11.8 Å². The normalized spacial score (nSPS) is 10.4. The molecule has 0 bridgehead atoms. The summed E-state index contributed by atoms with van der Waals surface area (Å²) in [5.74, 6) is 0.840. The van der Waals surface area contributed by atoms with E-state index in [1.807, 2.05) is 30.3 Å². The van der Waals surface area contributed by atoms with Gasteiger partial charge in [0.25, 0.3) is 0 Å². The molecular weight excluding hydrogens is 299 g/mol. The van der Waals surface area contributed by atoms with Crippen LogP contribution in [-0.4, -0.2) is 5.84 Å². The molecular formula is C14H12Cl2N2S. The average Bonchev–Trinajstić information content (AvgIpc) is 2.39. The number of nitrogens with two attached hydrogens (primary N) is 1. The third kappa shape index (κ3) is 3.90. The summed E-state index contributed by atoms with van der Waals surface area (Å²) >= 11 is 13.7. The lowest BCUT2D eigenvalue weighted by molar-refractivity contribution is 1.36. The first-order chi connectivity index (χ1) is 9.06. The van der Waals surface area contributed by atoms with E-state index in [-0.39, 0.29) is 5.84 Å². The van der Waals surface area contributed by atoms with Crippen molar-refractivity contribution in [2.45, 2.75) is 10.6 Å². The van der Waals surface area contributed by atoms with E-state index in [2.05, 4.69) is 0 Å². The molecule has 0 fully saturated rings. The summed E-state index contributed by atoms with van der Waals surface area (Å²) in [5.41, 5.74) is 7.24. The lowest BCUT2D eigenvalue weighted by Gasteiger charge is -2.06. The van der Waals surface area contributed by atoms with Crippen LogP contribution in [0.2, 0.25) is 10.0 Å². The van der Waals surface area contributed by atoms with Crippen LogP contribution in [0.3, 0.4) is 0 Å². The van der Waals surface area contributed by atoms with Gasteiger partial charge in [0.1, 0.15) is 5.84 Å². The Labute approximate surface area is 126 Å². The van der Waals surface area contributed by atoms with Crippen molar-refractivity contribution in [3.8, 4) is 0 Å². The van der Waals surface area contributed by atoms with Crippen molar-refractivity contribution in [3.63, 3.8) is 0 Å². The summed E-state index contributed by atoms with van der Waals surface area (Å²) in [6.45, 7) is 0. The molecule has 0 saturated carbocycles. The second-order valence-corrected chi connectivity index (χ2v) is 5.83. The van der Waals surface area contributed by atoms with Crippen molar-refractivity contribution in [2.24, 2.45) is 5.73 Å². The van der Waals surface area contributed by atoms with E-state index in [0.717, 1.165) is 15.7 Å². The molecule has 0 aliphatic carbocycles. The van der Waals surface area contributed by atoms with Crippen LogP contribution in [0.5, 0.6) is 0 Å². The lowest BCUT2D eigenvalue weighted by Crippen LogP contribution is -2.10. The van der Waals surface area contributed by atoms with Crippen molar-refractivity contribution in [2.75, 3.05) is 0 Å². The van der Waals surface area contributed by atoms with Gasteiger partial charge in [-0.3, -0.25) is 5.41 Å². The highest BCUT2D eigenvalue weighted by Gasteiger charge is 2.05. The molecule has 2 aromatic carbocycles. The highest BCUT2D eigenvalue weighted by atomic mass is 35.5. The Morgan fingerprint density at radius 3 is 2.37 bits per heavy atom. The van der Waals surface area contributed by atoms with Crippen molar-refractivity contribution in [1.29, 1.82) is 5.41 Å². The Kier molecular flexibility index (Phi) is 4.75. The monoisotopic (exact) mass is 310 g/mol. The fourth-order valence-corrected chi connectivity index (χ4v) is 2.87. The van der Waals surface area contributed by atoms with Gasteiger partial charge in [-0.25, -0.2) is 0 Å². The Bertz CT molecular complexity index is 597. The Morgan fingerprint density at radius 2 is 1.79 bits per heavy atom. The summed E-state index contributed by atoms with van der Waals surface area (Å²) < 4.78 is 0.